The number of hydrogen-bond donors (Lipinski definition) is 0. The first-order chi connectivity index (χ1) is 9.74. The number of nitrogens with zero attached hydrogens (tertiary/aromatic N) is 2. The summed E-state index contributed by atoms with van der Waals surface area (Å²) in [5, 5.41) is 2.21. The fourth-order valence-electron chi connectivity index (χ4n) is 2.53. The average Bonchev–Trinajstić information content (AvgIpc) is 2.58. The predicted molar refractivity (Wildman–Crippen MR) is 82.3 cm³/mol. The molecule has 0 amide bonds. The van der Waals surface area contributed by atoms with Gasteiger partial charge in [0.15, 0.2) is 0 Å². The van der Waals surface area contributed by atoms with Crippen molar-refractivity contribution in [2.75, 3.05) is 7.05 Å². The first-order valence-electron chi connectivity index (χ1n) is 6.86. The minimum atomic E-state index is 0.900. The van der Waals surface area contributed by atoms with Gasteiger partial charge in [0.1, 0.15) is 0 Å². The number of hydrogen-bond acceptors (Lipinski definition) is 2. The van der Waals surface area contributed by atoms with Crippen LogP contribution in [0, 0.1) is 0 Å². The SMILES string of the molecule is CC1=C(Cc2ccccc2)N(C)C=c2ccccc2=N1. The second-order valence-electron chi connectivity index (χ2n) is 5.11. The lowest BCUT2D eigenvalue weighted by Gasteiger charge is -2.19. The van der Waals surface area contributed by atoms with E-state index in [0.717, 1.165) is 22.7 Å². The highest BCUT2D eigenvalue weighted by Gasteiger charge is 2.10. The summed E-state index contributed by atoms with van der Waals surface area (Å²) < 4.78 is 0. The van der Waals surface area contributed by atoms with Gasteiger partial charge in [0.25, 0.3) is 0 Å². The van der Waals surface area contributed by atoms with E-state index in [1.807, 2.05) is 12.1 Å². The Morgan fingerprint density at radius 2 is 1.65 bits per heavy atom. The van der Waals surface area contributed by atoms with Gasteiger partial charge in [0.2, 0.25) is 0 Å². The first kappa shape index (κ1) is 12.7. The normalized spacial score (nSPS) is 14.2. The second-order valence-corrected chi connectivity index (χ2v) is 5.11. The minimum absolute atomic E-state index is 0.900. The van der Waals surface area contributed by atoms with Crippen molar-refractivity contribution in [1.29, 1.82) is 0 Å². The van der Waals surface area contributed by atoms with Crippen LogP contribution in [0.15, 0.2) is 71.0 Å². The van der Waals surface area contributed by atoms with Gasteiger partial charge in [-0.1, -0.05) is 48.5 Å². The summed E-state index contributed by atoms with van der Waals surface area (Å²) in [6.45, 7) is 2.09. The third-order valence-electron chi connectivity index (χ3n) is 3.62. The maximum absolute atomic E-state index is 4.77. The van der Waals surface area contributed by atoms with Crippen molar-refractivity contribution in [3.8, 4) is 0 Å². The zero-order valence-corrected chi connectivity index (χ0v) is 11.9. The molecule has 100 valence electrons. The number of para-hydroxylation sites is 1. The summed E-state index contributed by atoms with van der Waals surface area (Å²) in [6, 6.07) is 18.8. The average molecular weight is 262 g/mol. The molecule has 0 unspecified atom stereocenters. The number of benzene rings is 2. The van der Waals surface area contributed by atoms with Gasteiger partial charge in [0, 0.05) is 30.6 Å². The van der Waals surface area contributed by atoms with Crippen LogP contribution in [0.5, 0.6) is 0 Å². The zero-order chi connectivity index (χ0) is 13.9. The Morgan fingerprint density at radius 1 is 0.950 bits per heavy atom. The molecule has 2 aromatic rings. The highest BCUT2D eigenvalue weighted by atomic mass is 15.1. The highest BCUT2D eigenvalue weighted by molar-refractivity contribution is 5.34. The van der Waals surface area contributed by atoms with E-state index >= 15 is 0 Å². The van der Waals surface area contributed by atoms with E-state index in [-0.39, 0.29) is 0 Å². The Kier molecular flexibility index (Phi) is 3.38. The van der Waals surface area contributed by atoms with Crippen molar-refractivity contribution in [3.63, 3.8) is 0 Å². The smallest absolute Gasteiger partial charge is 0.0720 e. The number of rotatable bonds is 2. The summed E-state index contributed by atoms with van der Waals surface area (Å²) in [5.41, 5.74) is 3.63. The molecule has 0 radical (unpaired) electrons. The van der Waals surface area contributed by atoms with Gasteiger partial charge >= 0.3 is 0 Å². The molecule has 2 heteroatoms. The lowest BCUT2D eigenvalue weighted by molar-refractivity contribution is 0.588. The molecule has 0 N–H and O–H groups in total. The molecule has 0 saturated heterocycles. The third kappa shape index (κ3) is 2.50. The monoisotopic (exact) mass is 262 g/mol. The molecule has 0 fully saturated rings. The molecule has 2 aromatic carbocycles. The molecule has 0 spiro atoms. The summed E-state index contributed by atoms with van der Waals surface area (Å²) in [5.74, 6) is 0. The number of likely N-dealkylation sites (N-methyl/N-ethyl adjacent to an activating group) is 1. The Hall–Kier alpha value is -2.35. The van der Waals surface area contributed by atoms with Gasteiger partial charge in [0.05, 0.1) is 11.1 Å². The van der Waals surface area contributed by atoms with E-state index in [9.17, 15) is 0 Å². The topological polar surface area (TPSA) is 15.6 Å². The number of allylic oxidation sites excluding steroid dienone is 2. The van der Waals surface area contributed by atoms with Gasteiger partial charge in [-0.3, -0.25) is 4.99 Å². The van der Waals surface area contributed by atoms with Gasteiger partial charge in [-0.05, 0) is 18.6 Å². The molecule has 0 atom stereocenters. The van der Waals surface area contributed by atoms with Crippen LogP contribution in [0.2, 0.25) is 0 Å². The predicted octanol–water partition coefficient (Wildman–Crippen LogP) is 2.46. The summed E-state index contributed by atoms with van der Waals surface area (Å²) in [6.07, 6.45) is 3.06. The van der Waals surface area contributed by atoms with Gasteiger partial charge < -0.3 is 4.90 Å². The van der Waals surface area contributed by atoms with Crippen molar-refractivity contribution in [2.24, 2.45) is 4.99 Å². The van der Waals surface area contributed by atoms with E-state index in [0.29, 0.717) is 0 Å². The zero-order valence-electron chi connectivity index (χ0n) is 11.9. The van der Waals surface area contributed by atoms with Crippen LogP contribution in [0.3, 0.4) is 0 Å². The molecule has 1 aliphatic heterocycles. The van der Waals surface area contributed by atoms with Crippen molar-refractivity contribution < 1.29 is 0 Å². The van der Waals surface area contributed by atoms with Crippen molar-refractivity contribution >= 4 is 6.20 Å². The Labute approximate surface area is 119 Å². The molecule has 20 heavy (non-hydrogen) atoms. The quantitative estimate of drug-likeness (QED) is 0.812. The van der Waals surface area contributed by atoms with Crippen molar-refractivity contribution in [3.05, 3.63) is 82.1 Å². The summed E-state index contributed by atoms with van der Waals surface area (Å²) in [4.78, 5) is 6.97. The van der Waals surface area contributed by atoms with E-state index in [2.05, 4.69) is 67.5 Å². The van der Waals surface area contributed by atoms with Gasteiger partial charge in [-0.2, -0.15) is 0 Å². The molecule has 1 heterocycles. The fraction of sp³-hybridized carbons (Fsp3) is 0.167. The largest absolute Gasteiger partial charge is 0.352 e. The lowest BCUT2D eigenvalue weighted by Crippen LogP contribution is -2.25. The Bertz CT molecular complexity index is 758. The lowest BCUT2D eigenvalue weighted by atomic mass is 10.1. The molecule has 3 rings (SSSR count). The van der Waals surface area contributed by atoms with E-state index in [1.54, 1.807) is 0 Å². The fourth-order valence-corrected chi connectivity index (χ4v) is 2.53. The van der Waals surface area contributed by atoms with Crippen LogP contribution < -0.4 is 10.6 Å². The van der Waals surface area contributed by atoms with Crippen LogP contribution in [-0.4, -0.2) is 11.9 Å². The summed E-state index contributed by atoms with van der Waals surface area (Å²) in [7, 11) is 2.10. The molecule has 0 aliphatic carbocycles. The van der Waals surface area contributed by atoms with E-state index in [4.69, 9.17) is 4.99 Å². The molecule has 0 bridgehead atoms. The third-order valence-corrected chi connectivity index (χ3v) is 3.62. The minimum Gasteiger partial charge on any atom is -0.352 e. The Morgan fingerprint density at radius 3 is 2.45 bits per heavy atom. The van der Waals surface area contributed by atoms with E-state index in [1.165, 1.54) is 11.3 Å². The van der Waals surface area contributed by atoms with E-state index < -0.39 is 0 Å². The molecular weight excluding hydrogens is 244 g/mol. The summed E-state index contributed by atoms with van der Waals surface area (Å²) >= 11 is 0. The highest BCUT2D eigenvalue weighted by Crippen LogP contribution is 2.17. The van der Waals surface area contributed by atoms with Crippen molar-refractivity contribution in [2.45, 2.75) is 13.3 Å². The van der Waals surface area contributed by atoms with Gasteiger partial charge in [-0.15, -0.1) is 0 Å². The van der Waals surface area contributed by atoms with Crippen LogP contribution in [-0.2, 0) is 6.42 Å². The number of fused-ring (bicyclic) bond motifs is 1. The second kappa shape index (κ2) is 5.33. The van der Waals surface area contributed by atoms with Crippen LogP contribution in [0.25, 0.3) is 6.20 Å². The molecule has 2 nitrogen and oxygen atoms in total. The maximum atomic E-state index is 4.77. The molecule has 0 aromatic heterocycles. The Balaban J connectivity index is 2.06. The molecule has 0 saturated carbocycles. The van der Waals surface area contributed by atoms with Crippen molar-refractivity contribution in [1.82, 2.24) is 4.90 Å². The standard InChI is InChI=1S/C18H18N2/c1-14-18(12-15-8-4-3-5-9-15)20(2)13-16-10-6-7-11-17(16)19-14/h3-11,13H,12H2,1-2H3. The molecule has 1 aliphatic rings. The van der Waals surface area contributed by atoms with Crippen LogP contribution in [0.1, 0.15) is 12.5 Å². The maximum Gasteiger partial charge on any atom is 0.0720 e. The van der Waals surface area contributed by atoms with Crippen LogP contribution in [0.4, 0.5) is 0 Å². The van der Waals surface area contributed by atoms with Gasteiger partial charge in [-0.25, -0.2) is 0 Å². The molecular formula is C18H18N2. The van der Waals surface area contributed by atoms with Crippen LogP contribution >= 0.6 is 0 Å². The first-order valence-corrected chi connectivity index (χ1v) is 6.86.